The third-order valence-corrected chi connectivity index (χ3v) is 2.74. The van der Waals surface area contributed by atoms with Crippen LogP contribution >= 0.6 is 0 Å². The van der Waals surface area contributed by atoms with E-state index in [1.54, 1.807) is 0 Å². The molecule has 2 aromatic rings. The number of nitro groups is 2. The van der Waals surface area contributed by atoms with Gasteiger partial charge in [0.05, 0.1) is 15.5 Å². The van der Waals surface area contributed by atoms with Crippen molar-refractivity contribution < 1.29 is 19.7 Å². The van der Waals surface area contributed by atoms with Crippen molar-refractivity contribution in [3.8, 4) is 5.69 Å². The van der Waals surface area contributed by atoms with Gasteiger partial charge in [-0.05, 0) is 19.1 Å². The lowest BCUT2D eigenvalue weighted by Crippen LogP contribution is -2.03. The van der Waals surface area contributed by atoms with Gasteiger partial charge >= 0.3 is 11.7 Å². The molecule has 108 valence electrons. The van der Waals surface area contributed by atoms with Crippen LogP contribution in [-0.4, -0.2) is 30.7 Å². The van der Waals surface area contributed by atoms with Crippen molar-refractivity contribution in [1.82, 2.24) is 9.78 Å². The Kier molecular flexibility index (Phi) is 3.36. The summed E-state index contributed by atoms with van der Waals surface area (Å²) >= 11 is 0. The highest BCUT2D eigenvalue weighted by molar-refractivity contribution is 5.90. The van der Waals surface area contributed by atoms with Crippen molar-refractivity contribution >= 4 is 17.3 Å². The van der Waals surface area contributed by atoms with Gasteiger partial charge < -0.3 is 5.11 Å². The number of carbonyl (C=O) groups is 1. The number of rotatable bonds is 4. The zero-order valence-corrected chi connectivity index (χ0v) is 10.6. The highest BCUT2D eigenvalue weighted by atomic mass is 16.6. The molecule has 10 nitrogen and oxygen atoms in total. The molecular formula is C11H8N4O6. The molecule has 2 rings (SSSR count). The van der Waals surface area contributed by atoms with Crippen LogP contribution in [0, 0.1) is 27.2 Å². The van der Waals surface area contributed by atoms with E-state index in [4.69, 9.17) is 5.11 Å². The first kappa shape index (κ1) is 14.1. The predicted octanol–water partition coefficient (Wildman–Crippen LogP) is 1.70. The molecule has 0 atom stereocenters. The lowest BCUT2D eigenvalue weighted by molar-refractivity contribution is -0.385. The minimum absolute atomic E-state index is 0.112. The third kappa shape index (κ3) is 2.54. The molecule has 1 aromatic carbocycles. The molecule has 0 bridgehead atoms. The maximum absolute atomic E-state index is 10.9. The van der Waals surface area contributed by atoms with Gasteiger partial charge in [-0.25, -0.2) is 9.48 Å². The summed E-state index contributed by atoms with van der Waals surface area (Å²) in [6.45, 7) is 1.50. The van der Waals surface area contributed by atoms with Gasteiger partial charge in [0, 0.05) is 11.6 Å². The Bertz CT molecular complexity index is 735. The zero-order chi connectivity index (χ0) is 15.7. The smallest absolute Gasteiger partial charge is 0.363 e. The summed E-state index contributed by atoms with van der Waals surface area (Å²) in [5.74, 6) is -1.53. The molecule has 1 heterocycles. The molecule has 0 aliphatic heterocycles. The molecule has 0 fully saturated rings. The molecule has 21 heavy (non-hydrogen) atoms. The van der Waals surface area contributed by atoms with E-state index < -0.39 is 27.2 Å². The molecule has 0 saturated carbocycles. The van der Waals surface area contributed by atoms with E-state index in [2.05, 4.69) is 5.10 Å². The maximum atomic E-state index is 10.9. The van der Waals surface area contributed by atoms with Crippen molar-refractivity contribution in [2.45, 2.75) is 6.92 Å². The number of nitrogens with zero attached hydrogens (tertiary/aromatic N) is 4. The number of aryl methyl sites for hydroxylation is 1. The minimum atomic E-state index is -1.53. The van der Waals surface area contributed by atoms with E-state index in [0.717, 1.165) is 10.9 Å². The fourth-order valence-corrected chi connectivity index (χ4v) is 1.77. The zero-order valence-electron chi connectivity index (χ0n) is 10.6. The van der Waals surface area contributed by atoms with Crippen molar-refractivity contribution in [2.24, 2.45) is 0 Å². The van der Waals surface area contributed by atoms with Gasteiger partial charge in [-0.2, -0.15) is 5.10 Å². The summed E-state index contributed by atoms with van der Waals surface area (Å²) in [5, 5.41) is 34.0. The van der Waals surface area contributed by atoms with E-state index in [1.807, 2.05) is 0 Å². The summed E-state index contributed by atoms with van der Waals surface area (Å²) in [6, 6.07) is 3.94. The van der Waals surface area contributed by atoms with Crippen LogP contribution in [0.3, 0.4) is 0 Å². The maximum Gasteiger partial charge on any atom is 0.363 e. The average Bonchev–Trinajstić information content (AvgIpc) is 2.83. The molecule has 0 aliphatic rings. The number of aromatic nitrogens is 2. The van der Waals surface area contributed by atoms with Crippen LogP contribution < -0.4 is 0 Å². The van der Waals surface area contributed by atoms with Crippen LogP contribution in [0.25, 0.3) is 5.69 Å². The number of aromatic carboxylic acids is 1. The number of benzene rings is 1. The van der Waals surface area contributed by atoms with Crippen molar-refractivity contribution in [1.29, 1.82) is 0 Å². The third-order valence-electron chi connectivity index (χ3n) is 2.74. The predicted molar refractivity (Wildman–Crippen MR) is 68.6 cm³/mol. The molecule has 10 heteroatoms. The Hall–Kier alpha value is -3.30. The molecule has 0 amide bonds. The molecule has 0 saturated heterocycles. The highest BCUT2D eigenvalue weighted by Crippen LogP contribution is 2.23. The summed E-state index contributed by atoms with van der Waals surface area (Å²) in [5.41, 5.74) is -0.852. The second-order valence-corrected chi connectivity index (χ2v) is 4.10. The summed E-state index contributed by atoms with van der Waals surface area (Å²) in [4.78, 5) is 31.0. The standard InChI is InChI=1S/C11H8N4O6/c1-6-4-7(2-3-8(6)14(18)19)13-5-9(15(20)21)10(12-13)11(16)17/h2-5H,1H3,(H,16,17). The molecule has 1 aromatic heterocycles. The SMILES string of the molecule is Cc1cc(-n2cc([N+](=O)[O-])c(C(=O)O)n2)ccc1[N+](=O)[O-]. The fourth-order valence-electron chi connectivity index (χ4n) is 1.77. The Morgan fingerprint density at radius 1 is 1.24 bits per heavy atom. The second-order valence-electron chi connectivity index (χ2n) is 4.10. The van der Waals surface area contributed by atoms with Crippen molar-refractivity contribution in [3.63, 3.8) is 0 Å². The number of carboxylic acids is 1. The van der Waals surface area contributed by atoms with E-state index in [-0.39, 0.29) is 11.4 Å². The Morgan fingerprint density at radius 3 is 2.29 bits per heavy atom. The van der Waals surface area contributed by atoms with Gasteiger partial charge in [-0.3, -0.25) is 20.2 Å². The molecular weight excluding hydrogens is 284 g/mol. The summed E-state index contributed by atoms with van der Waals surface area (Å²) < 4.78 is 0.998. The van der Waals surface area contributed by atoms with Gasteiger partial charge in [0.2, 0.25) is 5.69 Å². The molecule has 0 aliphatic carbocycles. The average molecular weight is 292 g/mol. The van der Waals surface area contributed by atoms with Gasteiger partial charge in [0.15, 0.2) is 0 Å². The van der Waals surface area contributed by atoms with Gasteiger partial charge in [-0.15, -0.1) is 0 Å². The van der Waals surface area contributed by atoms with Crippen LogP contribution in [0.2, 0.25) is 0 Å². The largest absolute Gasteiger partial charge is 0.476 e. The minimum Gasteiger partial charge on any atom is -0.476 e. The van der Waals surface area contributed by atoms with Crippen LogP contribution in [0.15, 0.2) is 24.4 Å². The van der Waals surface area contributed by atoms with Crippen LogP contribution in [0.4, 0.5) is 11.4 Å². The Morgan fingerprint density at radius 2 is 1.86 bits per heavy atom. The van der Waals surface area contributed by atoms with Crippen LogP contribution in [0.5, 0.6) is 0 Å². The lowest BCUT2D eigenvalue weighted by Gasteiger charge is -2.02. The number of carboxylic acid groups (broad SMARTS) is 1. The van der Waals surface area contributed by atoms with Crippen molar-refractivity contribution in [3.05, 3.63) is 55.9 Å². The van der Waals surface area contributed by atoms with Crippen molar-refractivity contribution in [2.75, 3.05) is 0 Å². The number of nitro benzene ring substituents is 1. The highest BCUT2D eigenvalue weighted by Gasteiger charge is 2.26. The lowest BCUT2D eigenvalue weighted by atomic mass is 10.2. The van der Waals surface area contributed by atoms with E-state index in [0.29, 0.717) is 5.56 Å². The van der Waals surface area contributed by atoms with Crippen LogP contribution in [0.1, 0.15) is 16.1 Å². The first-order valence-corrected chi connectivity index (χ1v) is 5.54. The second kappa shape index (κ2) is 5.00. The van der Waals surface area contributed by atoms with E-state index in [9.17, 15) is 25.0 Å². The molecule has 0 spiro atoms. The molecule has 1 N–H and O–H groups in total. The number of hydrogen-bond donors (Lipinski definition) is 1. The Balaban J connectivity index is 2.55. The van der Waals surface area contributed by atoms with E-state index >= 15 is 0 Å². The van der Waals surface area contributed by atoms with Gasteiger partial charge in [-0.1, -0.05) is 0 Å². The quantitative estimate of drug-likeness (QED) is 0.667. The normalized spacial score (nSPS) is 10.3. The summed E-state index contributed by atoms with van der Waals surface area (Å²) in [7, 11) is 0. The summed E-state index contributed by atoms with van der Waals surface area (Å²) in [6.07, 6.45) is 0.948. The van der Waals surface area contributed by atoms with Crippen LogP contribution in [-0.2, 0) is 0 Å². The number of hydrogen-bond acceptors (Lipinski definition) is 6. The first-order valence-electron chi connectivity index (χ1n) is 5.54. The monoisotopic (exact) mass is 292 g/mol. The van der Waals surface area contributed by atoms with Gasteiger partial charge in [0.1, 0.15) is 6.20 Å². The molecule has 0 unspecified atom stereocenters. The Labute approximate surface area is 116 Å². The topological polar surface area (TPSA) is 141 Å². The molecule has 0 radical (unpaired) electrons. The first-order chi connectivity index (χ1) is 9.81. The van der Waals surface area contributed by atoms with E-state index in [1.165, 1.54) is 25.1 Å². The fraction of sp³-hybridized carbons (Fsp3) is 0.0909. The van der Waals surface area contributed by atoms with Gasteiger partial charge in [0.25, 0.3) is 5.69 Å².